The van der Waals surface area contributed by atoms with Gasteiger partial charge in [0, 0.05) is 12.1 Å². The van der Waals surface area contributed by atoms with Gasteiger partial charge in [0.15, 0.2) is 0 Å². The molecule has 3 aromatic carbocycles. The van der Waals surface area contributed by atoms with Gasteiger partial charge in [-0.15, -0.1) is 0 Å². The number of imidazole rings is 1. The molecule has 0 bridgehead atoms. The number of rotatable bonds is 7. The Balaban J connectivity index is 1.46. The number of unbranched alkanes of at least 4 members (excludes halogenated alkanes) is 1. The van der Waals surface area contributed by atoms with E-state index in [1.807, 2.05) is 0 Å². The zero-order chi connectivity index (χ0) is 20.2. The quantitative estimate of drug-likeness (QED) is 0.341. The standard InChI is InChI=1S/C26H28N2O/c1-19-10-12-22(13-11-19)26-27-24-8-4-5-9-25(24)28(26)14-6-7-15-29-23-17-20(2)16-21(3)18-23/h4-5,8-13,16-18H,6-7,14-15H2,1-3H3. The van der Waals surface area contributed by atoms with Crippen molar-refractivity contribution in [2.24, 2.45) is 0 Å². The van der Waals surface area contributed by atoms with Crippen molar-refractivity contribution in [1.82, 2.24) is 9.55 Å². The van der Waals surface area contributed by atoms with Crippen LogP contribution in [0.4, 0.5) is 0 Å². The lowest BCUT2D eigenvalue weighted by molar-refractivity contribution is 0.303. The highest BCUT2D eigenvalue weighted by atomic mass is 16.5. The van der Waals surface area contributed by atoms with Crippen LogP contribution in [-0.2, 0) is 6.54 Å². The summed E-state index contributed by atoms with van der Waals surface area (Å²) in [5, 5.41) is 0. The van der Waals surface area contributed by atoms with Crippen LogP contribution >= 0.6 is 0 Å². The molecule has 0 atom stereocenters. The van der Waals surface area contributed by atoms with Crippen molar-refractivity contribution in [1.29, 1.82) is 0 Å². The molecular weight excluding hydrogens is 356 g/mol. The highest BCUT2D eigenvalue weighted by molar-refractivity contribution is 5.80. The van der Waals surface area contributed by atoms with Crippen molar-refractivity contribution >= 4 is 11.0 Å². The highest BCUT2D eigenvalue weighted by Crippen LogP contribution is 2.26. The van der Waals surface area contributed by atoms with Crippen LogP contribution < -0.4 is 4.74 Å². The van der Waals surface area contributed by atoms with Gasteiger partial charge in [-0.2, -0.15) is 0 Å². The van der Waals surface area contributed by atoms with Crippen LogP contribution in [-0.4, -0.2) is 16.2 Å². The first-order chi connectivity index (χ1) is 14.1. The maximum absolute atomic E-state index is 5.98. The lowest BCUT2D eigenvalue weighted by Gasteiger charge is -2.11. The van der Waals surface area contributed by atoms with Crippen LogP contribution in [0.3, 0.4) is 0 Å². The third kappa shape index (κ3) is 4.51. The summed E-state index contributed by atoms with van der Waals surface area (Å²) in [4.78, 5) is 4.91. The SMILES string of the molecule is Cc1ccc(-c2nc3ccccc3n2CCCCOc2cc(C)cc(C)c2)cc1. The van der Waals surface area contributed by atoms with Gasteiger partial charge in [0.05, 0.1) is 17.6 Å². The fraction of sp³-hybridized carbons (Fsp3) is 0.269. The van der Waals surface area contributed by atoms with Gasteiger partial charge < -0.3 is 9.30 Å². The van der Waals surface area contributed by atoms with Crippen LogP contribution in [0, 0.1) is 20.8 Å². The summed E-state index contributed by atoms with van der Waals surface area (Å²) in [6, 6.07) is 23.4. The maximum Gasteiger partial charge on any atom is 0.141 e. The van der Waals surface area contributed by atoms with E-state index in [2.05, 4.69) is 92.1 Å². The normalized spacial score (nSPS) is 11.1. The lowest BCUT2D eigenvalue weighted by atomic mass is 10.1. The largest absolute Gasteiger partial charge is 0.494 e. The van der Waals surface area contributed by atoms with Gasteiger partial charge >= 0.3 is 0 Å². The topological polar surface area (TPSA) is 27.1 Å². The number of aromatic nitrogens is 2. The fourth-order valence-corrected chi connectivity index (χ4v) is 3.80. The molecule has 0 saturated heterocycles. The number of aryl methyl sites for hydroxylation is 4. The monoisotopic (exact) mass is 384 g/mol. The zero-order valence-corrected chi connectivity index (χ0v) is 17.5. The average Bonchev–Trinajstić information content (AvgIpc) is 3.06. The Labute approximate surface area is 173 Å². The number of para-hydroxylation sites is 2. The smallest absolute Gasteiger partial charge is 0.141 e. The second-order valence-corrected chi connectivity index (χ2v) is 7.82. The molecule has 0 aliphatic rings. The Morgan fingerprint density at radius 1 is 0.793 bits per heavy atom. The number of hydrogen-bond acceptors (Lipinski definition) is 2. The lowest BCUT2D eigenvalue weighted by Crippen LogP contribution is -2.04. The van der Waals surface area contributed by atoms with Gasteiger partial charge in [0.25, 0.3) is 0 Å². The van der Waals surface area contributed by atoms with Crippen molar-refractivity contribution in [3.63, 3.8) is 0 Å². The third-order valence-corrected chi connectivity index (χ3v) is 5.20. The van der Waals surface area contributed by atoms with E-state index in [9.17, 15) is 0 Å². The molecule has 0 fully saturated rings. The molecule has 3 nitrogen and oxygen atoms in total. The fourth-order valence-electron chi connectivity index (χ4n) is 3.80. The Morgan fingerprint density at radius 3 is 2.28 bits per heavy atom. The van der Waals surface area contributed by atoms with E-state index in [0.29, 0.717) is 0 Å². The van der Waals surface area contributed by atoms with Crippen molar-refractivity contribution in [2.75, 3.05) is 6.61 Å². The number of benzene rings is 3. The molecule has 29 heavy (non-hydrogen) atoms. The molecule has 0 unspecified atom stereocenters. The maximum atomic E-state index is 5.98. The van der Waals surface area contributed by atoms with E-state index in [1.54, 1.807) is 0 Å². The molecule has 0 spiro atoms. The number of fused-ring (bicyclic) bond motifs is 1. The van der Waals surface area contributed by atoms with Gasteiger partial charge in [0.2, 0.25) is 0 Å². The summed E-state index contributed by atoms with van der Waals surface area (Å²) in [6.07, 6.45) is 2.05. The van der Waals surface area contributed by atoms with E-state index in [0.717, 1.165) is 43.1 Å². The summed E-state index contributed by atoms with van der Waals surface area (Å²) in [6.45, 7) is 7.99. The van der Waals surface area contributed by atoms with Gasteiger partial charge in [-0.25, -0.2) is 4.98 Å². The van der Waals surface area contributed by atoms with Crippen molar-refractivity contribution in [3.05, 3.63) is 83.4 Å². The molecule has 0 saturated carbocycles. The first-order valence-electron chi connectivity index (χ1n) is 10.3. The molecule has 4 rings (SSSR count). The van der Waals surface area contributed by atoms with Crippen LogP contribution in [0.1, 0.15) is 29.5 Å². The molecule has 0 aliphatic carbocycles. The van der Waals surface area contributed by atoms with Crippen LogP contribution in [0.25, 0.3) is 22.4 Å². The van der Waals surface area contributed by atoms with Crippen molar-refractivity contribution < 1.29 is 4.74 Å². The second kappa shape index (κ2) is 8.52. The van der Waals surface area contributed by atoms with Gasteiger partial charge in [-0.3, -0.25) is 0 Å². The Morgan fingerprint density at radius 2 is 1.52 bits per heavy atom. The minimum absolute atomic E-state index is 0.732. The average molecular weight is 385 g/mol. The second-order valence-electron chi connectivity index (χ2n) is 7.82. The summed E-state index contributed by atoms with van der Waals surface area (Å²) in [5.41, 5.74) is 7.16. The van der Waals surface area contributed by atoms with Crippen LogP contribution in [0.5, 0.6) is 5.75 Å². The summed E-state index contributed by atoms with van der Waals surface area (Å²) >= 11 is 0. The van der Waals surface area contributed by atoms with E-state index in [4.69, 9.17) is 9.72 Å². The molecule has 1 aromatic heterocycles. The Hall–Kier alpha value is -3.07. The Bertz CT molecular complexity index is 1090. The molecule has 148 valence electrons. The first kappa shape index (κ1) is 19.3. The molecule has 0 aliphatic heterocycles. The van der Waals surface area contributed by atoms with E-state index >= 15 is 0 Å². The molecule has 4 aromatic rings. The Kier molecular flexibility index (Phi) is 5.66. The predicted molar refractivity (Wildman–Crippen MR) is 121 cm³/mol. The molecule has 0 radical (unpaired) electrons. The van der Waals surface area contributed by atoms with Crippen LogP contribution in [0.15, 0.2) is 66.7 Å². The van der Waals surface area contributed by atoms with E-state index in [-0.39, 0.29) is 0 Å². The number of hydrogen-bond donors (Lipinski definition) is 0. The summed E-state index contributed by atoms with van der Waals surface area (Å²) < 4.78 is 8.32. The van der Waals surface area contributed by atoms with Crippen molar-refractivity contribution in [2.45, 2.75) is 40.2 Å². The summed E-state index contributed by atoms with van der Waals surface area (Å²) in [7, 11) is 0. The molecule has 1 heterocycles. The number of nitrogens with zero attached hydrogens (tertiary/aromatic N) is 2. The first-order valence-corrected chi connectivity index (χ1v) is 10.3. The van der Waals surface area contributed by atoms with Gasteiger partial charge in [-0.1, -0.05) is 48.0 Å². The minimum Gasteiger partial charge on any atom is -0.494 e. The molecule has 3 heteroatoms. The minimum atomic E-state index is 0.732. The number of ether oxygens (including phenoxy) is 1. The highest BCUT2D eigenvalue weighted by Gasteiger charge is 2.12. The third-order valence-electron chi connectivity index (χ3n) is 5.20. The summed E-state index contributed by atoms with van der Waals surface area (Å²) in [5.74, 6) is 2.01. The van der Waals surface area contributed by atoms with Crippen LogP contribution in [0.2, 0.25) is 0 Å². The van der Waals surface area contributed by atoms with Gasteiger partial charge in [-0.05, 0) is 69.0 Å². The van der Waals surface area contributed by atoms with Gasteiger partial charge in [0.1, 0.15) is 11.6 Å². The zero-order valence-electron chi connectivity index (χ0n) is 17.5. The van der Waals surface area contributed by atoms with Crippen molar-refractivity contribution in [3.8, 4) is 17.1 Å². The molecular formula is C26H28N2O. The van der Waals surface area contributed by atoms with E-state index < -0.39 is 0 Å². The molecule has 0 amide bonds. The molecule has 0 N–H and O–H groups in total. The predicted octanol–water partition coefficient (Wildman–Crippen LogP) is 6.49. The van der Waals surface area contributed by atoms with E-state index in [1.165, 1.54) is 27.8 Å².